The minimum atomic E-state index is -4.00. The Morgan fingerprint density at radius 2 is 1.72 bits per heavy atom. The molecule has 138 valence electrons. The first-order valence-corrected chi connectivity index (χ1v) is 8.90. The Bertz CT molecular complexity index is 729. The number of rotatable bonds is 10. The Kier molecular flexibility index (Phi) is 7.52. The molecule has 0 aliphatic rings. The summed E-state index contributed by atoms with van der Waals surface area (Å²) < 4.78 is 26.5. The van der Waals surface area contributed by atoms with Crippen LogP contribution in [0.2, 0.25) is 0 Å². The maximum Gasteiger partial charge on any atom is 0.322 e. The minimum Gasteiger partial charge on any atom is -0.480 e. The molecule has 1 atom stereocenters. The average molecular weight is 372 g/mol. The molecule has 9 nitrogen and oxygen atoms in total. The molecule has 0 aliphatic carbocycles. The Hall–Kier alpha value is -2.46. The SMILES string of the molecule is Cc1ccc(S(=O)(=O)N[C@@H](CCCC(=O)NCC(=O)O)C(=O)O)cc1. The van der Waals surface area contributed by atoms with Crippen molar-refractivity contribution in [1.82, 2.24) is 10.0 Å². The van der Waals surface area contributed by atoms with Gasteiger partial charge in [0.1, 0.15) is 12.6 Å². The van der Waals surface area contributed by atoms with Crippen LogP contribution in [0.1, 0.15) is 24.8 Å². The van der Waals surface area contributed by atoms with Gasteiger partial charge in [0.25, 0.3) is 0 Å². The molecule has 25 heavy (non-hydrogen) atoms. The number of benzene rings is 1. The van der Waals surface area contributed by atoms with Gasteiger partial charge in [0.15, 0.2) is 0 Å². The van der Waals surface area contributed by atoms with Gasteiger partial charge in [-0.1, -0.05) is 17.7 Å². The summed E-state index contributed by atoms with van der Waals surface area (Å²) in [5, 5.41) is 19.7. The topological polar surface area (TPSA) is 150 Å². The number of carboxylic acids is 2. The number of hydrogen-bond donors (Lipinski definition) is 4. The number of hydrogen-bond acceptors (Lipinski definition) is 5. The molecule has 0 heterocycles. The van der Waals surface area contributed by atoms with Crippen LogP contribution in [0, 0.1) is 6.92 Å². The van der Waals surface area contributed by atoms with Crippen molar-refractivity contribution in [2.75, 3.05) is 6.54 Å². The maximum absolute atomic E-state index is 12.2. The molecular formula is C15H20N2O7S. The molecule has 10 heteroatoms. The summed E-state index contributed by atoms with van der Waals surface area (Å²) >= 11 is 0. The standard InChI is InChI=1S/C15H20N2O7S/c1-10-5-7-11(8-6-10)25(23,24)17-12(15(21)22)3-2-4-13(18)16-9-14(19)20/h5-8,12,17H,2-4,9H2,1H3,(H,16,18)(H,19,20)(H,21,22)/t12-/m0/s1. The van der Waals surface area contributed by atoms with Gasteiger partial charge < -0.3 is 15.5 Å². The third kappa shape index (κ3) is 7.31. The van der Waals surface area contributed by atoms with Crippen LogP contribution in [0.5, 0.6) is 0 Å². The zero-order valence-electron chi connectivity index (χ0n) is 13.6. The summed E-state index contributed by atoms with van der Waals surface area (Å²) in [6, 6.07) is 4.54. The quantitative estimate of drug-likeness (QED) is 0.455. The third-order valence-corrected chi connectivity index (χ3v) is 4.75. The summed E-state index contributed by atoms with van der Waals surface area (Å²) in [5.41, 5.74) is 0.862. The molecule has 0 aliphatic heterocycles. The minimum absolute atomic E-state index is 0.0523. The first-order valence-electron chi connectivity index (χ1n) is 7.42. The summed E-state index contributed by atoms with van der Waals surface area (Å²) in [4.78, 5) is 32.9. The molecule has 1 rings (SSSR count). The van der Waals surface area contributed by atoms with Crippen LogP contribution in [-0.2, 0) is 24.4 Å². The van der Waals surface area contributed by atoms with Crippen LogP contribution in [0.3, 0.4) is 0 Å². The van der Waals surface area contributed by atoms with Gasteiger partial charge in [-0.25, -0.2) is 8.42 Å². The van der Waals surface area contributed by atoms with Crippen molar-refractivity contribution in [1.29, 1.82) is 0 Å². The van der Waals surface area contributed by atoms with Gasteiger partial charge in [0.05, 0.1) is 4.90 Å². The molecule has 0 fully saturated rings. The Labute approximate surface area is 145 Å². The fourth-order valence-electron chi connectivity index (χ4n) is 1.93. The molecule has 1 aromatic carbocycles. The largest absolute Gasteiger partial charge is 0.480 e. The van der Waals surface area contributed by atoms with Crippen molar-refractivity contribution in [2.24, 2.45) is 0 Å². The smallest absolute Gasteiger partial charge is 0.322 e. The first kappa shape index (κ1) is 20.6. The number of carboxylic acid groups (broad SMARTS) is 2. The molecule has 1 amide bonds. The van der Waals surface area contributed by atoms with Gasteiger partial charge in [-0.3, -0.25) is 14.4 Å². The number of carbonyl (C=O) groups excluding carboxylic acids is 1. The Morgan fingerprint density at radius 1 is 1.12 bits per heavy atom. The summed E-state index contributed by atoms with van der Waals surface area (Å²) in [6.07, 6.45) is -0.136. The van der Waals surface area contributed by atoms with Crippen molar-refractivity contribution < 1.29 is 33.0 Å². The zero-order valence-corrected chi connectivity index (χ0v) is 14.4. The van der Waals surface area contributed by atoms with E-state index in [1.807, 2.05) is 0 Å². The average Bonchev–Trinajstić information content (AvgIpc) is 2.52. The highest BCUT2D eigenvalue weighted by Crippen LogP contribution is 2.12. The van der Waals surface area contributed by atoms with Crippen LogP contribution in [0.15, 0.2) is 29.2 Å². The number of nitrogens with one attached hydrogen (secondary N) is 2. The van der Waals surface area contributed by atoms with E-state index in [0.717, 1.165) is 5.56 Å². The number of carbonyl (C=O) groups is 3. The summed E-state index contributed by atoms with van der Waals surface area (Å²) in [7, 11) is -4.00. The highest BCUT2D eigenvalue weighted by atomic mass is 32.2. The van der Waals surface area contributed by atoms with Crippen LogP contribution >= 0.6 is 0 Å². The second-order valence-electron chi connectivity index (χ2n) is 5.39. The van der Waals surface area contributed by atoms with Crippen LogP contribution < -0.4 is 10.0 Å². The van der Waals surface area contributed by atoms with E-state index in [1.54, 1.807) is 19.1 Å². The lowest BCUT2D eigenvalue weighted by molar-refractivity contribution is -0.139. The van der Waals surface area contributed by atoms with Gasteiger partial charge in [0.2, 0.25) is 15.9 Å². The highest BCUT2D eigenvalue weighted by molar-refractivity contribution is 7.89. The molecule has 0 bridgehead atoms. The molecular weight excluding hydrogens is 352 g/mol. The van der Waals surface area contributed by atoms with Crippen molar-refractivity contribution in [3.63, 3.8) is 0 Å². The van der Waals surface area contributed by atoms with Crippen LogP contribution in [-0.4, -0.2) is 49.1 Å². The van der Waals surface area contributed by atoms with Crippen LogP contribution in [0.25, 0.3) is 0 Å². The summed E-state index contributed by atoms with van der Waals surface area (Å²) in [5.74, 6) is -3.10. The van der Waals surface area contributed by atoms with Gasteiger partial charge in [-0.15, -0.1) is 0 Å². The van der Waals surface area contributed by atoms with E-state index in [-0.39, 0.29) is 24.2 Å². The van der Waals surface area contributed by atoms with E-state index >= 15 is 0 Å². The van der Waals surface area contributed by atoms with Gasteiger partial charge in [0, 0.05) is 6.42 Å². The Balaban J connectivity index is 2.62. The summed E-state index contributed by atoms with van der Waals surface area (Å²) in [6.45, 7) is 1.26. The van der Waals surface area contributed by atoms with E-state index in [2.05, 4.69) is 10.0 Å². The molecule has 4 N–H and O–H groups in total. The zero-order chi connectivity index (χ0) is 19.0. The van der Waals surface area contributed by atoms with E-state index in [9.17, 15) is 22.8 Å². The van der Waals surface area contributed by atoms with E-state index in [4.69, 9.17) is 10.2 Å². The molecule has 1 aromatic rings. The normalized spacial score (nSPS) is 12.4. The maximum atomic E-state index is 12.2. The molecule has 0 saturated carbocycles. The van der Waals surface area contributed by atoms with Crippen molar-refractivity contribution >= 4 is 27.9 Å². The van der Waals surface area contributed by atoms with Gasteiger partial charge >= 0.3 is 11.9 Å². The van der Waals surface area contributed by atoms with Crippen molar-refractivity contribution in [3.05, 3.63) is 29.8 Å². The third-order valence-electron chi connectivity index (χ3n) is 3.26. The molecule has 0 saturated heterocycles. The first-order chi connectivity index (χ1) is 11.6. The molecule has 0 radical (unpaired) electrons. The number of sulfonamides is 1. The molecule has 0 spiro atoms. The predicted octanol–water partition coefficient (Wildman–Crippen LogP) is 0.0976. The lowest BCUT2D eigenvalue weighted by Crippen LogP contribution is -2.40. The second-order valence-corrected chi connectivity index (χ2v) is 7.10. The second kappa shape index (κ2) is 9.14. The van der Waals surface area contributed by atoms with Crippen LogP contribution in [0.4, 0.5) is 0 Å². The predicted molar refractivity (Wildman–Crippen MR) is 87.4 cm³/mol. The lowest BCUT2D eigenvalue weighted by atomic mass is 10.1. The number of aryl methyl sites for hydroxylation is 1. The van der Waals surface area contributed by atoms with Gasteiger partial charge in [-0.05, 0) is 31.9 Å². The number of aliphatic carboxylic acids is 2. The van der Waals surface area contributed by atoms with E-state index in [0.29, 0.717) is 0 Å². The van der Waals surface area contributed by atoms with Gasteiger partial charge in [-0.2, -0.15) is 4.72 Å². The lowest BCUT2D eigenvalue weighted by Gasteiger charge is -2.15. The molecule has 0 unspecified atom stereocenters. The van der Waals surface area contributed by atoms with E-state index in [1.165, 1.54) is 12.1 Å². The highest BCUT2D eigenvalue weighted by Gasteiger charge is 2.25. The fourth-order valence-corrected chi connectivity index (χ4v) is 3.16. The van der Waals surface area contributed by atoms with Crippen molar-refractivity contribution in [2.45, 2.75) is 37.1 Å². The van der Waals surface area contributed by atoms with E-state index < -0.39 is 40.5 Å². The monoisotopic (exact) mass is 372 g/mol. The number of amides is 1. The fraction of sp³-hybridized carbons (Fsp3) is 0.400. The Morgan fingerprint density at radius 3 is 2.24 bits per heavy atom. The van der Waals surface area contributed by atoms with Crippen molar-refractivity contribution in [3.8, 4) is 0 Å². The molecule has 0 aromatic heterocycles.